The minimum absolute atomic E-state index is 0.140. The van der Waals surface area contributed by atoms with E-state index in [2.05, 4.69) is 0 Å². The summed E-state index contributed by atoms with van der Waals surface area (Å²) in [6.45, 7) is 3.95. The summed E-state index contributed by atoms with van der Waals surface area (Å²) in [4.78, 5) is 0. The molecule has 0 fully saturated rings. The normalized spacial score (nSPS) is 12.4. The third-order valence-corrected chi connectivity index (χ3v) is 2.18. The molecular weight excluding hydrogens is 164 g/mol. The van der Waals surface area contributed by atoms with Crippen LogP contribution in [0.15, 0.2) is 0 Å². The van der Waals surface area contributed by atoms with Gasteiger partial charge in [-0.05, 0) is 18.8 Å². The maximum absolute atomic E-state index is 10.3. The highest BCUT2D eigenvalue weighted by molar-refractivity contribution is 7.85. The van der Waals surface area contributed by atoms with Gasteiger partial charge in [0.05, 0.1) is 5.75 Å². The minimum atomic E-state index is -3.76. The van der Waals surface area contributed by atoms with Crippen LogP contribution in [0.25, 0.3) is 0 Å². The Morgan fingerprint density at radius 1 is 1.36 bits per heavy atom. The molecule has 0 atom stereocenters. The van der Waals surface area contributed by atoms with E-state index >= 15 is 0 Å². The molecule has 0 aromatic rings. The van der Waals surface area contributed by atoms with Crippen molar-refractivity contribution in [2.75, 3.05) is 5.75 Å². The highest BCUT2D eigenvalue weighted by Gasteiger charge is 2.08. The SMILES string of the molecule is CCC[C](C)CCS(=O)(=O)O. The van der Waals surface area contributed by atoms with Crippen molar-refractivity contribution < 1.29 is 13.0 Å². The standard InChI is InChI=1S/C7H15O3S/c1-3-4-7(2)5-6-11(8,9)10/h3-6H2,1-2H3,(H,8,9,10). The van der Waals surface area contributed by atoms with Gasteiger partial charge < -0.3 is 0 Å². The molecule has 0 spiro atoms. The van der Waals surface area contributed by atoms with E-state index in [1.54, 1.807) is 0 Å². The first-order valence-electron chi connectivity index (χ1n) is 3.72. The van der Waals surface area contributed by atoms with Gasteiger partial charge in [0.2, 0.25) is 0 Å². The lowest BCUT2D eigenvalue weighted by Gasteiger charge is -2.06. The van der Waals surface area contributed by atoms with Crippen molar-refractivity contribution in [3.63, 3.8) is 0 Å². The zero-order chi connectivity index (χ0) is 8.91. The zero-order valence-electron chi connectivity index (χ0n) is 7.00. The molecule has 0 saturated carbocycles. The van der Waals surface area contributed by atoms with E-state index < -0.39 is 10.1 Å². The van der Waals surface area contributed by atoms with Crippen molar-refractivity contribution in [3.8, 4) is 0 Å². The van der Waals surface area contributed by atoms with Gasteiger partial charge in [-0.25, -0.2) is 0 Å². The Bertz CT molecular complexity index is 184. The molecule has 3 nitrogen and oxygen atoms in total. The molecule has 4 heteroatoms. The summed E-state index contributed by atoms with van der Waals surface area (Å²) in [5.41, 5.74) is 0. The molecule has 0 saturated heterocycles. The van der Waals surface area contributed by atoms with Gasteiger partial charge in [0.1, 0.15) is 0 Å². The van der Waals surface area contributed by atoms with Crippen LogP contribution < -0.4 is 0 Å². The van der Waals surface area contributed by atoms with E-state index in [1.807, 2.05) is 13.8 Å². The average Bonchev–Trinajstić information content (AvgIpc) is 1.83. The van der Waals surface area contributed by atoms with E-state index in [9.17, 15) is 8.42 Å². The third-order valence-electron chi connectivity index (χ3n) is 1.46. The first kappa shape index (κ1) is 10.9. The molecule has 11 heavy (non-hydrogen) atoms. The molecule has 0 aliphatic carbocycles. The second-order valence-corrected chi connectivity index (χ2v) is 4.32. The fourth-order valence-electron chi connectivity index (χ4n) is 0.855. The van der Waals surface area contributed by atoms with Gasteiger partial charge in [-0.1, -0.05) is 20.3 Å². The molecule has 67 valence electrons. The molecule has 1 N–H and O–H groups in total. The van der Waals surface area contributed by atoms with E-state index in [-0.39, 0.29) is 5.75 Å². The second-order valence-electron chi connectivity index (χ2n) is 2.74. The van der Waals surface area contributed by atoms with Crippen LogP contribution in [0.4, 0.5) is 0 Å². The summed E-state index contributed by atoms with van der Waals surface area (Å²) in [5.74, 6) is 0.990. The molecule has 0 aliphatic heterocycles. The molecule has 0 aromatic heterocycles. The molecule has 0 heterocycles. The number of hydrogen-bond donors (Lipinski definition) is 1. The summed E-state index contributed by atoms with van der Waals surface area (Å²) in [7, 11) is -3.76. The average molecular weight is 179 g/mol. The van der Waals surface area contributed by atoms with Crippen molar-refractivity contribution in [2.45, 2.75) is 33.1 Å². The molecule has 0 rings (SSSR count). The Morgan fingerprint density at radius 2 is 1.91 bits per heavy atom. The van der Waals surface area contributed by atoms with Crippen molar-refractivity contribution in [1.82, 2.24) is 0 Å². The van der Waals surface area contributed by atoms with Crippen LogP contribution in [0.2, 0.25) is 0 Å². The summed E-state index contributed by atoms with van der Waals surface area (Å²) >= 11 is 0. The fraction of sp³-hybridized carbons (Fsp3) is 0.857. The van der Waals surface area contributed by atoms with Crippen LogP contribution in [0, 0.1) is 5.92 Å². The predicted octanol–water partition coefficient (Wildman–Crippen LogP) is 1.66. The lowest BCUT2D eigenvalue weighted by Crippen LogP contribution is -2.06. The smallest absolute Gasteiger partial charge is 0.264 e. The Hall–Kier alpha value is -0.0900. The molecular formula is C7H15O3S. The Morgan fingerprint density at radius 3 is 2.27 bits per heavy atom. The van der Waals surface area contributed by atoms with Crippen molar-refractivity contribution in [3.05, 3.63) is 5.92 Å². The maximum atomic E-state index is 10.3. The van der Waals surface area contributed by atoms with Crippen molar-refractivity contribution >= 4 is 10.1 Å². The quantitative estimate of drug-likeness (QED) is 0.653. The van der Waals surface area contributed by atoms with Gasteiger partial charge in [0.25, 0.3) is 10.1 Å². The number of hydrogen-bond acceptors (Lipinski definition) is 2. The molecule has 1 radical (unpaired) electrons. The van der Waals surface area contributed by atoms with Crippen molar-refractivity contribution in [2.24, 2.45) is 0 Å². The van der Waals surface area contributed by atoms with Crippen LogP contribution in [0.1, 0.15) is 33.1 Å². The topological polar surface area (TPSA) is 54.4 Å². The summed E-state index contributed by atoms with van der Waals surface area (Å²) in [6.07, 6.45) is 2.44. The van der Waals surface area contributed by atoms with E-state index in [0.717, 1.165) is 18.8 Å². The van der Waals surface area contributed by atoms with Gasteiger partial charge in [-0.2, -0.15) is 8.42 Å². The highest BCUT2D eigenvalue weighted by atomic mass is 32.2. The van der Waals surface area contributed by atoms with E-state index in [0.29, 0.717) is 6.42 Å². The molecule has 0 amide bonds. The van der Waals surface area contributed by atoms with Crippen LogP contribution in [0.5, 0.6) is 0 Å². The molecule has 0 aliphatic rings. The fourth-order valence-corrected chi connectivity index (χ4v) is 1.46. The second kappa shape index (κ2) is 4.72. The minimum Gasteiger partial charge on any atom is -0.286 e. The van der Waals surface area contributed by atoms with Gasteiger partial charge >= 0.3 is 0 Å². The Kier molecular flexibility index (Phi) is 4.68. The largest absolute Gasteiger partial charge is 0.286 e. The van der Waals surface area contributed by atoms with Crippen LogP contribution in [-0.4, -0.2) is 18.7 Å². The van der Waals surface area contributed by atoms with Gasteiger partial charge in [-0.15, -0.1) is 0 Å². The van der Waals surface area contributed by atoms with Crippen LogP contribution in [-0.2, 0) is 10.1 Å². The maximum Gasteiger partial charge on any atom is 0.264 e. The van der Waals surface area contributed by atoms with E-state index in [4.69, 9.17) is 4.55 Å². The summed E-state index contributed by atoms with van der Waals surface area (Å²) < 4.78 is 29.0. The summed E-state index contributed by atoms with van der Waals surface area (Å²) in [6, 6.07) is 0. The van der Waals surface area contributed by atoms with E-state index in [1.165, 1.54) is 0 Å². The molecule has 0 aromatic carbocycles. The first-order valence-corrected chi connectivity index (χ1v) is 5.33. The molecule has 0 unspecified atom stereocenters. The predicted molar refractivity (Wildman–Crippen MR) is 44.9 cm³/mol. The highest BCUT2D eigenvalue weighted by Crippen LogP contribution is 2.12. The zero-order valence-corrected chi connectivity index (χ0v) is 7.82. The lowest BCUT2D eigenvalue weighted by atomic mass is 10.0. The van der Waals surface area contributed by atoms with Gasteiger partial charge in [0, 0.05) is 0 Å². The summed E-state index contributed by atoms with van der Waals surface area (Å²) in [5, 5.41) is 0. The van der Waals surface area contributed by atoms with Crippen molar-refractivity contribution in [1.29, 1.82) is 0 Å². The van der Waals surface area contributed by atoms with Crippen LogP contribution >= 0.6 is 0 Å². The van der Waals surface area contributed by atoms with Crippen LogP contribution in [0.3, 0.4) is 0 Å². The Balaban J connectivity index is 3.54. The van der Waals surface area contributed by atoms with Gasteiger partial charge in [-0.3, -0.25) is 4.55 Å². The third kappa shape index (κ3) is 7.81. The number of rotatable bonds is 5. The van der Waals surface area contributed by atoms with Gasteiger partial charge in [0.15, 0.2) is 0 Å². The lowest BCUT2D eigenvalue weighted by molar-refractivity contribution is 0.480. The Labute approximate surface area is 68.6 Å². The monoisotopic (exact) mass is 179 g/mol. The molecule has 0 bridgehead atoms. The first-order chi connectivity index (χ1) is 4.95.